The van der Waals surface area contributed by atoms with E-state index in [4.69, 9.17) is 0 Å². The first kappa shape index (κ1) is 12.9. The van der Waals surface area contributed by atoms with Crippen LogP contribution in [0.4, 0.5) is 0 Å². The van der Waals surface area contributed by atoms with Gasteiger partial charge in [-0.05, 0) is 23.6 Å². The highest BCUT2D eigenvalue weighted by atomic mass is 16.3. The van der Waals surface area contributed by atoms with Crippen LogP contribution in [-0.2, 0) is 0 Å². The molecular formula is C17H13NO. The molecule has 0 amide bonds. The number of aliphatic hydroxyl groups is 1. The van der Waals surface area contributed by atoms with E-state index < -0.39 is 6.10 Å². The zero-order valence-electron chi connectivity index (χ0n) is 10.4. The average Bonchev–Trinajstić information content (AvgIpc) is 2.48. The van der Waals surface area contributed by atoms with Crippen molar-refractivity contribution >= 4 is 5.57 Å². The summed E-state index contributed by atoms with van der Waals surface area (Å²) in [7, 11) is 0. The Bertz CT molecular complexity index is 644. The van der Waals surface area contributed by atoms with Crippen molar-refractivity contribution in [2.75, 3.05) is 0 Å². The number of hydrogen-bond acceptors (Lipinski definition) is 2. The number of nitrogens with zero attached hydrogens (tertiary/aromatic N) is 1. The quantitative estimate of drug-likeness (QED) is 0.653. The normalized spacial score (nSPS) is 10.8. The van der Waals surface area contributed by atoms with Gasteiger partial charge in [-0.15, -0.1) is 5.73 Å². The molecule has 1 aromatic carbocycles. The molecule has 1 atom stereocenters. The minimum atomic E-state index is -0.929. The molecule has 1 N–H and O–H groups in total. The van der Waals surface area contributed by atoms with Crippen molar-refractivity contribution in [3.05, 3.63) is 78.3 Å². The first-order valence-electron chi connectivity index (χ1n) is 5.87. The van der Waals surface area contributed by atoms with Crippen molar-refractivity contribution in [2.24, 2.45) is 0 Å². The predicted molar refractivity (Wildman–Crippen MR) is 76.1 cm³/mol. The molecule has 19 heavy (non-hydrogen) atoms. The van der Waals surface area contributed by atoms with Gasteiger partial charge < -0.3 is 5.11 Å². The van der Waals surface area contributed by atoms with Crippen LogP contribution < -0.4 is 0 Å². The topological polar surface area (TPSA) is 33.1 Å². The molecule has 2 aromatic rings. The van der Waals surface area contributed by atoms with Crippen molar-refractivity contribution in [3.8, 4) is 11.8 Å². The Labute approximate surface area is 112 Å². The third-order valence-electron chi connectivity index (χ3n) is 2.55. The third kappa shape index (κ3) is 3.43. The van der Waals surface area contributed by atoms with Gasteiger partial charge in [-0.1, -0.05) is 48.9 Å². The summed E-state index contributed by atoms with van der Waals surface area (Å²) in [5.41, 5.74) is 4.81. The molecule has 0 spiro atoms. The molecule has 0 aliphatic carbocycles. The Kier molecular flexibility index (Phi) is 4.31. The Hall–Kier alpha value is -2.59. The second kappa shape index (κ2) is 6.37. The average molecular weight is 247 g/mol. The Morgan fingerprint density at radius 1 is 1.11 bits per heavy atom. The van der Waals surface area contributed by atoms with Gasteiger partial charge in [0.2, 0.25) is 0 Å². The lowest BCUT2D eigenvalue weighted by molar-refractivity contribution is 0.289. The Balaban J connectivity index is 2.23. The fourth-order valence-corrected chi connectivity index (χ4v) is 1.63. The molecule has 1 unspecified atom stereocenters. The van der Waals surface area contributed by atoms with E-state index in [1.54, 1.807) is 12.3 Å². The van der Waals surface area contributed by atoms with Gasteiger partial charge in [0.25, 0.3) is 0 Å². The molecule has 0 bridgehead atoms. The second-order valence-corrected chi connectivity index (χ2v) is 3.84. The van der Waals surface area contributed by atoms with E-state index in [0.29, 0.717) is 11.3 Å². The highest BCUT2D eigenvalue weighted by Gasteiger charge is 2.08. The highest BCUT2D eigenvalue weighted by molar-refractivity contribution is 5.70. The number of benzene rings is 1. The summed E-state index contributed by atoms with van der Waals surface area (Å²) < 4.78 is 0. The van der Waals surface area contributed by atoms with Crippen molar-refractivity contribution in [1.82, 2.24) is 4.98 Å². The minimum absolute atomic E-state index is 0.573. The van der Waals surface area contributed by atoms with Crippen LogP contribution in [0.3, 0.4) is 0 Å². The molecule has 0 fully saturated rings. The van der Waals surface area contributed by atoms with Gasteiger partial charge in [-0.3, -0.25) is 0 Å². The predicted octanol–water partition coefficient (Wildman–Crippen LogP) is 2.66. The maximum Gasteiger partial charge on any atom is 0.148 e. The third-order valence-corrected chi connectivity index (χ3v) is 2.55. The van der Waals surface area contributed by atoms with Gasteiger partial charge in [-0.2, -0.15) is 0 Å². The van der Waals surface area contributed by atoms with Gasteiger partial charge in [0.05, 0.1) is 0 Å². The molecule has 0 radical (unpaired) electrons. The van der Waals surface area contributed by atoms with E-state index >= 15 is 0 Å². The molecule has 92 valence electrons. The monoisotopic (exact) mass is 247 g/mol. The summed E-state index contributed by atoms with van der Waals surface area (Å²) in [6.45, 7) is 3.61. The molecule has 0 saturated heterocycles. The first-order chi connectivity index (χ1) is 9.31. The molecule has 0 aliphatic rings. The van der Waals surface area contributed by atoms with Gasteiger partial charge >= 0.3 is 0 Å². The van der Waals surface area contributed by atoms with Crippen molar-refractivity contribution < 1.29 is 5.11 Å². The maximum absolute atomic E-state index is 10.1. The van der Waals surface area contributed by atoms with Gasteiger partial charge in [-0.25, -0.2) is 4.98 Å². The molecule has 0 saturated carbocycles. The van der Waals surface area contributed by atoms with Crippen LogP contribution in [0.25, 0.3) is 5.57 Å². The van der Waals surface area contributed by atoms with Crippen molar-refractivity contribution in [3.63, 3.8) is 0 Å². The summed E-state index contributed by atoms with van der Waals surface area (Å²) >= 11 is 0. The summed E-state index contributed by atoms with van der Waals surface area (Å²) in [6, 6.07) is 14.9. The van der Waals surface area contributed by atoms with E-state index in [1.165, 1.54) is 0 Å². The van der Waals surface area contributed by atoms with Gasteiger partial charge in [0.1, 0.15) is 11.8 Å². The van der Waals surface area contributed by atoms with E-state index in [0.717, 1.165) is 5.56 Å². The fourth-order valence-electron chi connectivity index (χ4n) is 1.63. The van der Waals surface area contributed by atoms with E-state index in [2.05, 4.69) is 29.1 Å². The largest absolute Gasteiger partial charge is 0.375 e. The van der Waals surface area contributed by atoms with Crippen LogP contribution in [-0.4, -0.2) is 16.2 Å². The second-order valence-electron chi connectivity index (χ2n) is 3.84. The minimum Gasteiger partial charge on any atom is -0.375 e. The van der Waals surface area contributed by atoms with Crippen molar-refractivity contribution in [1.29, 1.82) is 0 Å². The van der Waals surface area contributed by atoms with Crippen LogP contribution in [0.15, 0.2) is 67.0 Å². The molecule has 1 aromatic heterocycles. The molecule has 2 heteroatoms. The van der Waals surface area contributed by atoms with E-state index in [9.17, 15) is 5.11 Å². The van der Waals surface area contributed by atoms with E-state index in [-0.39, 0.29) is 0 Å². The Morgan fingerprint density at radius 3 is 2.47 bits per heavy atom. The number of pyridine rings is 1. The number of rotatable bonds is 2. The van der Waals surface area contributed by atoms with Crippen LogP contribution >= 0.6 is 0 Å². The van der Waals surface area contributed by atoms with Crippen LogP contribution in [0.1, 0.15) is 11.3 Å². The summed E-state index contributed by atoms with van der Waals surface area (Å²) in [5.74, 6) is 5.58. The lowest BCUT2D eigenvalue weighted by Crippen LogP contribution is -2.05. The summed E-state index contributed by atoms with van der Waals surface area (Å²) in [6.07, 6.45) is 0.736. The zero-order chi connectivity index (χ0) is 13.5. The van der Waals surface area contributed by atoms with Crippen LogP contribution in [0.5, 0.6) is 0 Å². The van der Waals surface area contributed by atoms with Crippen molar-refractivity contribution in [2.45, 2.75) is 6.10 Å². The standard InChI is InChI=1S/C17H13NO/c1-2-16(14-8-4-3-5-9-14)17(19)12-11-15-10-6-7-13-18-15/h3-10,13,17,19H,1H2. The maximum atomic E-state index is 10.1. The number of aromatic nitrogens is 1. The first-order valence-corrected chi connectivity index (χ1v) is 5.87. The molecule has 2 nitrogen and oxygen atoms in total. The Morgan fingerprint density at radius 2 is 1.84 bits per heavy atom. The number of aliphatic hydroxyl groups excluding tert-OH is 1. The summed E-state index contributed by atoms with van der Waals surface area (Å²) in [4.78, 5) is 4.08. The van der Waals surface area contributed by atoms with E-state index in [1.807, 2.05) is 42.5 Å². The lowest BCUT2D eigenvalue weighted by Gasteiger charge is -2.06. The molecule has 1 heterocycles. The summed E-state index contributed by atoms with van der Waals surface area (Å²) in [5, 5.41) is 10.1. The van der Waals surface area contributed by atoms with Gasteiger partial charge in [0.15, 0.2) is 0 Å². The van der Waals surface area contributed by atoms with Crippen LogP contribution in [0.2, 0.25) is 0 Å². The molecule has 0 aliphatic heterocycles. The lowest BCUT2D eigenvalue weighted by atomic mass is 10.0. The zero-order valence-corrected chi connectivity index (χ0v) is 10.4. The fraction of sp³-hybridized carbons (Fsp3) is 0.0588. The molecular weight excluding hydrogens is 234 g/mol. The highest BCUT2D eigenvalue weighted by Crippen LogP contribution is 2.16. The van der Waals surface area contributed by atoms with Crippen LogP contribution in [0, 0.1) is 11.8 Å². The number of hydrogen-bond donors (Lipinski definition) is 1. The molecule has 2 rings (SSSR count). The van der Waals surface area contributed by atoms with Gasteiger partial charge in [0, 0.05) is 11.8 Å². The SMILES string of the molecule is C=C=C(c1ccccc1)C(O)C#Cc1ccccn1. The smallest absolute Gasteiger partial charge is 0.148 e.